The van der Waals surface area contributed by atoms with Crippen LogP contribution in [0, 0.1) is 0 Å². The number of rotatable bonds is 4. The quantitative estimate of drug-likeness (QED) is 0.894. The van der Waals surface area contributed by atoms with E-state index in [4.69, 9.17) is 0 Å². The van der Waals surface area contributed by atoms with Crippen LogP contribution >= 0.6 is 11.3 Å². The SMILES string of the molecule is CC1=CN=CCC1c1csc(NC(=O)NCc2ccccc2)n1. The van der Waals surface area contributed by atoms with E-state index in [1.165, 1.54) is 16.9 Å². The van der Waals surface area contributed by atoms with Crippen LogP contribution in [0.1, 0.15) is 30.5 Å². The fourth-order valence-corrected chi connectivity index (χ4v) is 3.15. The van der Waals surface area contributed by atoms with Gasteiger partial charge in [0.15, 0.2) is 5.13 Å². The van der Waals surface area contributed by atoms with Gasteiger partial charge in [0.2, 0.25) is 0 Å². The maximum absolute atomic E-state index is 11.9. The van der Waals surface area contributed by atoms with Crippen LogP contribution in [0.4, 0.5) is 9.93 Å². The van der Waals surface area contributed by atoms with Crippen LogP contribution in [0.15, 0.2) is 52.5 Å². The number of carbonyl (C=O) groups excluding carboxylic acids is 1. The van der Waals surface area contributed by atoms with E-state index in [-0.39, 0.29) is 11.9 Å². The molecule has 2 heterocycles. The minimum atomic E-state index is -0.243. The monoisotopic (exact) mass is 326 g/mol. The Morgan fingerprint density at radius 1 is 1.35 bits per heavy atom. The molecule has 1 aliphatic rings. The van der Waals surface area contributed by atoms with Gasteiger partial charge in [-0.3, -0.25) is 10.3 Å². The number of hydrogen-bond donors (Lipinski definition) is 2. The lowest BCUT2D eigenvalue weighted by atomic mass is 9.94. The van der Waals surface area contributed by atoms with E-state index >= 15 is 0 Å². The van der Waals surface area contributed by atoms with E-state index in [9.17, 15) is 4.79 Å². The molecule has 1 aliphatic heterocycles. The second-order valence-corrected chi connectivity index (χ2v) is 6.22. The second-order valence-electron chi connectivity index (χ2n) is 5.36. The molecule has 0 radical (unpaired) electrons. The Morgan fingerprint density at radius 2 is 2.17 bits per heavy atom. The minimum Gasteiger partial charge on any atom is -0.334 e. The molecule has 0 saturated carbocycles. The van der Waals surface area contributed by atoms with Gasteiger partial charge in [0.05, 0.1) is 5.69 Å². The summed E-state index contributed by atoms with van der Waals surface area (Å²) >= 11 is 1.44. The summed E-state index contributed by atoms with van der Waals surface area (Å²) in [7, 11) is 0. The normalized spacial score (nSPS) is 16.7. The van der Waals surface area contributed by atoms with Crippen LogP contribution < -0.4 is 10.6 Å². The highest BCUT2D eigenvalue weighted by Crippen LogP contribution is 2.31. The first-order valence-corrected chi connectivity index (χ1v) is 8.33. The maximum atomic E-state index is 11.9. The lowest BCUT2D eigenvalue weighted by Gasteiger charge is -2.15. The van der Waals surface area contributed by atoms with Gasteiger partial charge in [-0.25, -0.2) is 9.78 Å². The number of anilines is 1. The van der Waals surface area contributed by atoms with Gasteiger partial charge in [0, 0.05) is 30.3 Å². The second kappa shape index (κ2) is 7.19. The van der Waals surface area contributed by atoms with Crippen molar-refractivity contribution < 1.29 is 4.79 Å². The van der Waals surface area contributed by atoms with Crippen molar-refractivity contribution in [2.24, 2.45) is 4.99 Å². The van der Waals surface area contributed by atoms with Gasteiger partial charge in [0.25, 0.3) is 0 Å². The molecule has 0 saturated heterocycles. The number of hydrogen-bond acceptors (Lipinski definition) is 4. The van der Waals surface area contributed by atoms with Crippen molar-refractivity contribution in [1.82, 2.24) is 10.3 Å². The number of urea groups is 1. The van der Waals surface area contributed by atoms with Gasteiger partial charge in [0.1, 0.15) is 0 Å². The zero-order chi connectivity index (χ0) is 16.1. The van der Waals surface area contributed by atoms with Crippen LogP contribution in [0.2, 0.25) is 0 Å². The van der Waals surface area contributed by atoms with Crippen LogP contribution in [-0.2, 0) is 6.54 Å². The zero-order valence-electron chi connectivity index (χ0n) is 12.8. The van der Waals surface area contributed by atoms with Gasteiger partial charge in [-0.05, 0) is 24.5 Å². The number of amides is 2. The van der Waals surface area contributed by atoms with E-state index in [1.54, 1.807) is 0 Å². The Bertz CT molecular complexity index is 736. The van der Waals surface area contributed by atoms with Crippen LogP contribution in [0.3, 0.4) is 0 Å². The Kier molecular flexibility index (Phi) is 4.83. The van der Waals surface area contributed by atoms with Crippen molar-refractivity contribution in [3.8, 4) is 0 Å². The molecule has 0 aliphatic carbocycles. The predicted molar refractivity (Wildman–Crippen MR) is 94.0 cm³/mol. The van der Waals surface area contributed by atoms with E-state index < -0.39 is 0 Å². The Hall–Kier alpha value is -2.47. The molecule has 2 N–H and O–H groups in total. The number of nitrogens with zero attached hydrogens (tertiary/aromatic N) is 2. The van der Waals surface area contributed by atoms with Crippen LogP contribution in [-0.4, -0.2) is 17.2 Å². The van der Waals surface area contributed by atoms with Crippen molar-refractivity contribution in [2.75, 3.05) is 5.32 Å². The highest BCUT2D eigenvalue weighted by molar-refractivity contribution is 7.13. The largest absolute Gasteiger partial charge is 0.334 e. The number of allylic oxidation sites excluding steroid dienone is 1. The summed E-state index contributed by atoms with van der Waals surface area (Å²) < 4.78 is 0. The molecule has 118 valence electrons. The van der Waals surface area contributed by atoms with Gasteiger partial charge < -0.3 is 5.32 Å². The Morgan fingerprint density at radius 3 is 2.96 bits per heavy atom. The fourth-order valence-electron chi connectivity index (χ4n) is 2.39. The van der Waals surface area contributed by atoms with Gasteiger partial charge >= 0.3 is 6.03 Å². The van der Waals surface area contributed by atoms with Crippen molar-refractivity contribution in [1.29, 1.82) is 0 Å². The average Bonchev–Trinajstić information content (AvgIpc) is 3.02. The Balaban J connectivity index is 1.55. The van der Waals surface area contributed by atoms with Gasteiger partial charge in [-0.2, -0.15) is 0 Å². The lowest BCUT2D eigenvalue weighted by Crippen LogP contribution is -2.28. The summed E-state index contributed by atoms with van der Waals surface area (Å²) in [6.07, 6.45) is 4.62. The molecular formula is C17H18N4OS. The molecule has 1 atom stereocenters. The molecule has 5 nitrogen and oxygen atoms in total. The third kappa shape index (κ3) is 4.04. The van der Waals surface area contributed by atoms with E-state index in [0.29, 0.717) is 11.7 Å². The first-order chi connectivity index (χ1) is 11.2. The average molecular weight is 326 g/mol. The number of aromatic nitrogens is 1. The van der Waals surface area contributed by atoms with Crippen molar-refractivity contribution >= 4 is 28.7 Å². The number of nitrogens with one attached hydrogen (secondary N) is 2. The molecule has 0 bridgehead atoms. The third-order valence-electron chi connectivity index (χ3n) is 3.67. The first-order valence-electron chi connectivity index (χ1n) is 7.45. The molecule has 0 fully saturated rings. The summed E-state index contributed by atoms with van der Waals surface area (Å²) in [5, 5.41) is 8.23. The molecule has 1 unspecified atom stereocenters. The van der Waals surface area contributed by atoms with Gasteiger partial charge in [-0.1, -0.05) is 30.3 Å². The molecular weight excluding hydrogens is 308 g/mol. The minimum absolute atomic E-state index is 0.243. The molecule has 1 aromatic heterocycles. The fraction of sp³-hybridized carbons (Fsp3) is 0.235. The van der Waals surface area contributed by atoms with Crippen molar-refractivity contribution in [3.05, 3.63) is 58.7 Å². The standard InChI is InChI=1S/C17H18N4OS/c1-12-9-18-8-7-14(12)15-11-23-17(20-15)21-16(22)19-10-13-5-3-2-4-6-13/h2-6,8-9,11,14H,7,10H2,1H3,(H2,19,20,21,22). The molecule has 0 spiro atoms. The zero-order valence-corrected chi connectivity index (χ0v) is 13.6. The lowest BCUT2D eigenvalue weighted by molar-refractivity contribution is 0.251. The highest BCUT2D eigenvalue weighted by Gasteiger charge is 2.18. The summed E-state index contributed by atoms with van der Waals surface area (Å²) in [5.41, 5.74) is 3.23. The summed E-state index contributed by atoms with van der Waals surface area (Å²) in [6, 6.07) is 9.56. The van der Waals surface area contributed by atoms with Crippen molar-refractivity contribution in [2.45, 2.75) is 25.8 Å². The predicted octanol–water partition coefficient (Wildman–Crippen LogP) is 3.93. The highest BCUT2D eigenvalue weighted by atomic mass is 32.1. The topological polar surface area (TPSA) is 66.4 Å². The third-order valence-corrected chi connectivity index (χ3v) is 4.45. The molecule has 6 heteroatoms. The summed E-state index contributed by atoms with van der Waals surface area (Å²) in [6.45, 7) is 2.55. The number of aliphatic imine (C=N–C) groups is 1. The first kappa shape index (κ1) is 15.4. The van der Waals surface area contributed by atoms with E-state index in [2.05, 4.69) is 27.5 Å². The summed E-state index contributed by atoms with van der Waals surface area (Å²) in [5.74, 6) is 0.256. The van der Waals surface area contributed by atoms with Crippen LogP contribution in [0.5, 0.6) is 0 Å². The molecule has 2 aromatic rings. The van der Waals surface area contributed by atoms with E-state index in [0.717, 1.165) is 17.7 Å². The molecule has 2 amide bonds. The number of thiazole rings is 1. The number of carbonyl (C=O) groups is 1. The van der Waals surface area contributed by atoms with E-state index in [1.807, 2.05) is 48.1 Å². The summed E-state index contributed by atoms with van der Waals surface area (Å²) in [4.78, 5) is 20.6. The van der Waals surface area contributed by atoms with Crippen LogP contribution in [0.25, 0.3) is 0 Å². The smallest absolute Gasteiger partial charge is 0.321 e. The maximum Gasteiger partial charge on any atom is 0.321 e. The molecule has 23 heavy (non-hydrogen) atoms. The Labute approximate surface area is 139 Å². The molecule has 1 aromatic carbocycles. The van der Waals surface area contributed by atoms with Crippen molar-refractivity contribution in [3.63, 3.8) is 0 Å². The molecule has 3 rings (SSSR count). The van der Waals surface area contributed by atoms with Gasteiger partial charge in [-0.15, -0.1) is 11.3 Å². The number of benzene rings is 1.